The lowest BCUT2D eigenvalue weighted by Gasteiger charge is -2.15. The molecule has 2 saturated carbocycles. The molecule has 0 bridgehead atoms. The molecule has 130 valence electrons. The fraction of sp³-hybridized carbons (Fsp3) is 0.250. The average Bonchev–Trinajstić information content (AvgIpc) is 3.59. The van der Waals surface area contributed by atoms with E-state index in [1.165, 1.54) is 22.3 Å². The molecule has 0 aromatic heterocycles. The molecular formula is C24H20Cl2. The van der Waals surface area contributed by atoms with Crippen LogP contribution in [0.5, 0.6) is 0 Å². The molecule has 4 atom stereocenters. The summed E-state index contributed by atoms with van der Waals surface area (Å²) < 4.78 is 0. The van der Waals surface area contributed by atoms with Gasteiger partial charge >= 0.3 is 0 Å². The molecule has 2 heteroatoms. The first-order valence-electron chi connectivity index (χ1n) is 9.20. The maximum atomic E-state index is 7.02. The van der Waals surface area contributed by atoms with Gasteiger partial charge in [0, 0.05) is 11.8 Å². The van der Waals surface area contributed by atoms with Gasteiger partial charge in [-0.3, -0.25) is 0 Å². The van der Waals surface area contributed by atoms with Crippen LogP contribution in [0.3, 0.4) is 0 Å². The summed E-state index contributed by atoms with van der Waals surface area (Å²) in [5, 5.41) is 0. The van der Waals surface area contributed by atoms with E-state index in [-0.39, 0.29) is 9.75 Å². The van der Waals surface area contributed by atoms with Crippen LogP contribution in [0.2, 0.25) is 0 Å². The normalized spacial score (nSPS) is 32.2. The molecule has 0 N–H and O–H groups in total. The van der Waals surface area contributed by atoms with Gasteiger partial charge in [0.25, 0.3) is 0 Å². The van der Waals surface area contributed by atoms with Gasteiger partial charge in [-0.1, -0.05) is 84.9 Å². The molecule has 5 rings (SSSR count). The van der Waals surface area contributed by atoms with Gasteiger partial charge in [-0.2, -0.15) is 0 Å². The smallest absolute Gasteiger partial charge is 0.0770 e. The molecule has 0 unspecified atom stereocenters. The Morgan fingerprint density at radius 2 is 0.885 bits per heavy atom. The molecule has 0 amide bonds. The third kappa shape index (κ3) is 2.51. The molecule has 0 saturated heterocycles. The van der Waals surface area contributed by atoms with Gasteiger partial charge in [0.1, 0.15) is 0 Å². The van der Waals surface area contributed by atoms with Crippen molar-refractivity contribution in [2.24, 2.45) is 0 Å². The van der Waals surface area contributed by atoms with E-state index in [2.05, 4.69) is 72.8 Å². The molecule has 2 fully saturated rings. The zero-order chi connectivity index (χ0) is 17.8. The summed E-state index contributed by atoms with van der Waals surface area (Å²) in [6.07, 6.45) is 1.98. The predicted octanol–water partition coefficient (Wildman–Crippen LogP) is 6.93. The number of halogens is 2. The van der Waals surface area contributed by atoms with E-state index in [1.54, 1.807) is 0 Å². The zero-order valence-corrected chi connectivity index (χ0v) is 15.9. The van der Waals surface area contributed by atoms with Crippen molar-refractivity contribution in [1.82, 2.24) is 0 Å². The Kier molecular flexibility index (Phi) is 3.71. The second-order valence-electron chi connectivity index (χ2n) is 7.60. The van der Waals surface area contributed by atoms with Gasteiger partial charge in [-0.25, -0.2) is 0 Å². The van der Waals surface area contributed by atoms with Crippen LogP contribution in [0.1, 0.15) is 46.9 Å². The molecule has 2 aliphatic rings. The number of benzene rings is 3. The lowest BCUT2D eigenvalue weighted by atomic mass is 9.94. The van der Waals surface area contributed by atoms with Crippen LogP contribution in [0.15, 0.2) is 84.9 Å². The minimum absolute atomic E-state index is 0.270. The number of alkyl halides is 2. The number of hydrogen-bond acceptors (Lipinski definition) is 0. The summed E-state index contributed by atoms with van der Waals surface area (Å²) in [6.45, 7) is 0. The van der Waals surface area contributed by atoms with Crippen LogP contribution in [-0.2, 0) is 9.75 Å². The molecule has 3 aromatic rings. The lowest BCUT2D eigenvalue weighted by molar-refractivity contribution is 0.890. The first kappa shape index (κ1) is 16.4. The second-order valence-corrected chi connectivity index (χ2v) is 8.95. The van der Waals surface area contributed by atoms with E-state index in [9.17, 15) is 0 Å². The standard InChI is InChI=1S/C24H20Cl2/c25-23(17-9-3-1-4-10-17)15-21(23)19-13-7-8-14-20(19)22-16-24(22,26)18-11-5-2-6-12-18/h1-14,21-22H,15-16H2/t21-,22-,23+,24+/m1/s1. The minimum atomic E-state index is -0.270. The van der Waals surface area contributed by atoms with Crippen molar-refractivity contribution in [1.29, 1.82) is 0 Å². The topological polar surface area (TPSA) is 0 Å². The first-order valence-corrected chi connectivity index (χ1v) is 9.96. The third-order valence-electron chi connectivity index (χ3n) is 6.04. The van der Waals surface area contributed by atoms with E-state index in [4.69, 9.17) is 23.2 Å². The van der Waals surface area contributed by atoms with E-state index < -0.39 is 0 Å². The van der Waals surface area contributed by atoms with Gasteiger partial charge in [-0.05, 0) is 35.1 Å². The highest BCUT2D eigenvalue weighted by atomic mass is 35.5. The Morgan fingerprint density at radius 3 is 1.27 bits per heavy atom. The molecular weight excluding hydrogens is 359 g/mol. The highest BCUT2D eigenvalue weighted by Gasteiger charge is 2.59. The van der Waals surface area contributed by atoms with Crippen LogP contribution in [-0.4, -0.2) is 0 Å². The zero-order valence-electron chi connectivity index (χ0n) is 14.4. The Hall–Kier alpha value is -1.76. The Balaban J connectivity index is 1.47. The van der Waals surface area contributed by atoms with Crippen LogP contribution in [0.25, 0.3) is 0 Å². The SMILES string of the molecule is Cl[C@]1(c2ccccc2)C[C@@H]1c1ccccc1[C@H]1C[C@]1(Cl)c1ccccc1. The van der Waals surface area contributed by atoms with E-state index in [1.807, 2.05) is 12.1 Å². The largest absolute Gasteiger partial charge is 0.113 e. The molecule has 3 aromatic carbocycles. The third-order valence-corrected chi connectivity index (χ3v) is 7.31. The average molecular weight is 379 g/mol. The summed E-state index contributed by atoms with van der Waals surface area (Å²) in [7, 11) is 0. The summed E-state index contributed by atoms with van der Waals surface area (Å²) in [5.41, 5.74) is 5.18. The molecule has 0 spiro atoms. The van der Waals surface area contributed by atoms with Gasteiger partial charge in [0.15, 0.2) is 0 Å². The summed E-state index contributed by atoms with van der Waals surface area (Å²) in [4.78, 5) is -0.540. The van der Waals surface area contributed by atoms with Crippen molar-refractivity contribution < 1.29 is 0 Å². The Morgan fingerprint density at radius 1 is 0.538 bits per heavy atom. The van der Waals surface area contributed by atoms with Gasteiger partial charge < -0.3 is 0 Å². The maximum absolute atomic E-state index is 7.02. The summed E-state index contributed by atoms with van der Waals surface area (Å²) in [6, 6.07) is 29.7. The first-order chi connectivity index (χ1) is 12.6. The fourth-order valence-corrected chi connectivity index (χ4v) is 5.20. The molecule has 26 heavy (non-hydrogen) atoms. The minimum Gasteiger partial charge on any atom is -0.113 e. The molecule has 0 radical (unpaired) electrons. The molecule has 0 aliphatic heterocycles. The highest BCUT2D eigenvalue weighted by molar-refractivity contribution is 6.27. The van der Waals surface area contributed by atoms with Crippen molar-refractivity contribution in [3.8, 4) is 0 Å². The predicted molar refractivity (Wildman–Crippen MR) is 109 cm³/mol. The van der Waals surface area contributed by atoms with E-state index >= 15 is 0 Å². The van der Waals surface area contributed by atoms with Gasteiger partial charge in [-0.15, -0.1) is 23.2 Å². The van der Waals surface area contributed by atoms with Crippen molar-refractivity contribution in [2.45, 2.75) is 34.4 Å². The number of rotatable bonds is 4. The molecule has 0 nitrogen and oxygen atoms in total. The summed E-state index contributed by atoms with van der Waals surface area (Å²) in [5.74, 6) is 0.722. The summed E-state index contributed by atoms with van der Waals surface area (Å²) >= 11 is 14.0. The van der Waals surface area contributed by atoms with E-state index in [0.29, 0.717) is 11.8 Å². The Labute approximate surface area is 164 Å². The lowest BCUT2D eigenvalue weighted by Crippen LogP contribution is -2.04. The van der Waals surface area contributed by atoms with Crippen LogP contribution < -0.4 is 0 Å². The van der Waals surface area contributed by atoms with Gasteiger partial charge in [0.2, 0.25) is 0 Å². The molecule has 0 heterocycles. The molecule has 2 aliphatic carbocycles. The van der Waals surface area contributed by atoms with Crippen molar-refractivity contribution in [2.75, 3.05) is 0 Å². The number of hydrogen-bond donors (Lipinski definition) is 0. The fourth-order valence-electron chi connectivity index (χ4n) is 4.40. The van der Waals surface area contributed by atoms with E-state index in [0.717, 1.165) is 12.8 Å². The quantitative estimate of drug-likeness (QED) is 0.431. The van der Waals surface area contributed by atoms with Crippen LogP contribution >= 0.6 is 23.2 Å². The highest BCUT2D eigenvalue weighted by Crippen LogP contribution is 2.68. The second kappa shape index (κ2) is 5.87. The monoisotopic (exact) mass is 378 g/mol. The van der Waals surface area contributed by atoms with Crippen molar-refractivity contribution in [3.05, 3.63) is 107 Å². The van der Waals surface area contributed by atoms with Gasteiger partial charge in [0.05, 0.1) is 9.75 Å². The van der Waals surface area contributed by atoms with Crippen molar-refractivity contribution >= 4 is 23.2 Å². The maximum Gasteiger partial charge on any atom is 0.0770 e. The Bertz CT molecular complexity index is 858. The van der Waals surface area contributed by atoms with Crippen molar-refractivity contribution in [3.63, 3.8) is 0 Å². The van der Waals surface area contributed by atoms with Crippen LogP contribution in [0, 0.1) is 0 Å². The van der Waals surface area contributed by atoms with Crippen LogP contribution in [0.4, 0.5) is 0 Å².